The number of alkyl halides is 9. The van der Waals surface area contributed by atoms with Crippen molar-refractivity contribution >= 4 is 34.0 Å². The molecule has 1 rings (SSSR count). The van der Waals surface area contributed by atoms with Crippen LogP contribution >= 0.6 is 0 Å². The van der Waals surface area contributed by atoms with Gasteiger partial charge in [0.15, 0.2) is 18.3 Å². The van der Waals surface area contributed by atoms with Gasteiger partial charge in [-0.1, -0.05) is 0 Å². The molecule has 0 radical (unpaired) electrons. The van der Waals surface area contributed by atoms with Crippen LogP contribution in [0.3, 0.4) is 0 Å². The molecule has 1 saturated heterocycles. The Hall–Kier alpha value is -2.88. The topological polar surface area (TPSA) is 158 Å². The number of carbonyl (C=O) groups is 4. The molecule has 0 N–H and O–H groups in total. The number of hydrogen-bond donors (Lipinski definition) is 0. The zero-order valence-electron chi connectivity index (χ0n) is 20.3. The molecule has 0 aromatic carbocycles. The fourth-order valence-corrected chi connectivity index (χ4v) is 4.01. The Morgan fingerprint density at radius 2 is 1.12 bits per heavy atom. The van der Waals surface area contributed by atoms with Crippen LogP contribution in [0.4, 0.5) is 39.5 Å². The normalized spacial score (nSPS) is 24.6. The molecule has 232 valence electrons. The molecule has 12 nitrogen and oxygen atoms in total. The molecular formula is C18H19F9O12S. The molecule has 0 aromatic heterocycles. The molecule has 1 aliphatic rings. The zero-order chi connectivity index (χ0) is 31.6. The fraction of sp³-hybridized carbons (Fsp3) is 0.778. The molecule has 1 aliphatic heterocycles. The lowest BCUT2D eigenvalue weighted by Gasteiger charge is -2.44. The lowest BCUT2D eigenvalue weighted by Crippen LogP contribution is -2.66. The van der Waals surface area contributed by atoms with Crippen molar-refractivity contribution in [2.45, 2.75) is 81.7 Å². The third kappa shape index (κ3) is 7.25. The lowest BCUT2D eigenvalue weighted by molar-refractivity contribution is -0.383. The van der Waals surface area contributed by atoms with Gasteiger partial charge in [0.05, 0.1) is 0 Å². The highest BCUT2D eigenvalue weighted by molar-refractivity contribution is 7.87. The van der Waals surface area contributed by atoms with Crippen molar-refractivity contribution in [2.75, 3.05) is 6.61 Å². The van der Waals surface area contributed by atoms with Gasteiger partial charge in [-0.25, -0.2) is 0 Å². The molecule has 1 fully saturated rings. The second kappa shape index (κ2) is 11.9. The molecule has 0 aliphatic carbocycles. The summed E-state index contributed by atoms with van der Waals surface area (Å²) in [5.41, 5.74) is 0. The summed E-state index contributed by atoms with van der Waals surface area (Å²) in [6.07, 6.45) is -20.0. The third-order valence-electron chi connectivity index (χ3n) is 4.60. The Morgan fingerprint density at radius 3 is 1.52 bits per heavy atom. The molecular weight excluding hydrogens is 611 g/mol. The van der Waals surface area contributed by atoms with Crippen molar-refractivity contribution < 1.29 is 95.0 Å². The first kappa shape index (κ1) is 35.1. The summed E-state index contributed by atoms with van der Waals surface area (Å²) >= 11 is 0. The molecule has 0 spiro atoms. The summed E-state index contributed by atoms with van der Waals surface area (Å²) in [4.78, 5) is 45.9. The maximum absolute atomic E-state index is 14.3. The summed E-state index contributed by atoms with van der Waals surface area (Å²) in [7, 11) is -7.64. The predicted molar refractivity (Wildman–Crippen MR) is 103 cm³/mol. The Kier molecular flexibility index (Phi) is 10.5. The number of rotatable bonds is 10. The molecule has 0 aromatic rings. The molecule has 5 atom stereocenters. The average Bonchev–Trinajstić information content (AvgIpc) is 2.74. The van der Waals surface area contributed by atoms with Crippen LogP contribution in [-0.2, 0) is 57.2 Å². The van der Waals surface area contributed by atoms with E-state index in [4.69, 9.17) is 9.47 Å². The summed E-state index contributed by atoms with van der Waals surface area (Å²) in [6.45, 7) is 1.68. The van der Waals surface area contributed by atoms with Crippen molar-refractivity contribution in [2.24, 2.45) is 0 Å². The van der Waals surface area contributed by atoms with Gasteiger partial charge in [0.25, 0.3) is 0 Å². The Morgan fingerprint density at radius 1 is 0.675 bits per heavy atom. The van der Waals surface area contributed by atoms with Gasteiger partial charge in [0, 0.05) is 27.7 Å². The van der Waals surface area contributed by atoms with Gasteiger partial charge in [-0.3, -0.25) is 23.4 Å². The molecule has 1 heterocycles. The monoisotopic (exact) mass is 630 g/mol. The quantitative estimate of drug-likeness (QED) is 0.150. The summed E-state index contributed by atoms with van der Waals surface area (Å²) in [5, 5.41) is -7.37. The number of esters is 4. The van der Waals surface area contributed by atoms with E-state index in [9.17, 15) is 67.1 Å². The SMILES string of the molecule is CC(=O)OCC1OC(OC(C)=O)C(OS(=O)(=O)C(F)(F)C(F)(F)C(F)(F)C(F)(F)F)C(OC(C)=O)C1OC(C)=O. The summed E-state index contributed by atoms with van der Waals surface area (Å²) in [6, 6.07) is 0. The van der Waals surface area contributed by atoms with Crippen LogP contribution in [0.2, 0.25) is 0 Å². The zero-order valence-corrected chi connectivity index (χ0v) is 21.1. The van der Waals surface area contributed by atoms with Crippen LogP contribution < -0.4 is 0 Å². The van der Waals surface area contributed by atoms with Gasteiger partial charge in [-0.2, -0.15) is 47.9 Å². The fourth-order valence-electron chi connectivity index (χ4n) is 2.96. The Balaban J connectivity index is 3.75. The molecule has 0 bridgehead atoms. The van der Waals surface area contributed by atoms with Crippen LogP contribution in [0, 0.1) is 0 Å². The van der Waals surface area contributed by atoms with Crippen LogP contribution in [0.15, 0.2) is 0 Å². The van der Waals surface area contributed by atoms with E-state index in [2.05, 4.69) is 18.4 Å². The van der Waals surface area contributed by atoms with Crippen molar-refractivity contribution in [3.63, 3.8) is 0 Å². The number of carbonyl (C=O) groups excluding carboxylic acids is 4. The van der Waals surface area contributed by atoms with Crippen molar-refractivity contribution in [1.82, 2.24) is 0 Å². The molecule has 5 unspecified atom stereocenters. The second-order valence-electron chi connectivity index (χ2n) is 7.78. The van der Waals surface area contributed by atoms with E-state index in [1.54, 1.807) is 0 Å². The van der Waals surface area contributed by atoms with E-state index in [-0.39, 0.29) is 0 Å². The van der Waals surface area contributed by atoms with Crippen molar-refractivity contribution in [1.29, 1.82) is 0 Å². The Labute approximate surface area is 218 Å². The van der Waals surface area contributed by atoms with Gasteiger partial charge in [-0.15, -0.1) is 0 Å². The van der Waals surface area contributed by atoms with E-state index in [0.29, 0.717) is 20.8 Å². The third-order valence-corrected chi connectivity index (χ3v) is 5.96. The first-order chi connectivity index (χ1) is 17.8. The lowest BCUT2D eigenvalue weighted by atomic mass is 9.98. The van der Waals surface area contributed by atoms with Gasteiger partial charge in [0.1, 0.15) is 12.7 Å². The molecule has 22 heteroatoms. The van der Waals surface area contributed by atoms with E-state index < -0.39 is 94.6 Å². The average molecular weight is 630 g/mol. The maximum atomic E-state index is 14.3. The molecule has 0 saturated carbocycles. The number of halogens is 9. The summed E-state index contributed by atoms with van der Waals surface area (Å²) in [5.74, 6) is -20.6. The predicted octanol–water partition coefficient (Wildman–Crippen LogP) is 1.84. The van der Waals surface area contributed by atoms with Crippen LogP contribution in [0.25, 0.3) is 0 Å². The first-order valence-electron chi connectivity index (χ1n) is 10.2. The standard InChI is InChI=1S/C18H19F9O12S/c1-6(28)34-5-10-11(35-7(2)29)12(36-8(3)30)13(14(38-10)37-9(4)31)39-40(32,33)18(26,27)16(21,22)15(19,20)17(23,24)25/h10-14H,5H2,1-4H3. The molecule has 0 amide bonds. The van der Waals surface area contributed by atoms with Crippen LogP contribution in [0.5, 0.6) is 0 Å². The summed E-state index contributed by atoms with van der Waals surface area (Å²) < 4.78 is 172. The highest BCUT2D eigenvalue weighted by Gasteiger charge is 2.86. The van der Waals surface area contributed by atoms with E-state index in [0.717, 1.165) is 6.92 Å². The second-order valence-corrected chi connectivity index (χ2v) is 9.39. The first-order valence-corrected chi connectivity index (χ1v) is 11.6. The minimum Gasteiger partial charge on any atom is -0.463 e. The van der Waals surface area contributed by atoms with Gasteiger partial charge in [0.2, 0.25) is 6.29 Å². The van der Waals surface area contributed by atoms with Crippen LogP contribution in [0.1, 0.15) is 27.7 Å². The van der Waals surface area contributed by atoms with Gasteiger partial charge < -0.3 is 23.7 Å². The van der Waals surface area contributed by atoms with Gasteiger partial charge >= 0.3 is 57.3 Å². The van der Waals surface area contributed by atoms with E-state index in [1.165, 1.54) is 0 Å². The minimum atomic E-state index is -7.71. The van der Waals surface area contributed by atoms with E-state index >= 15 is 0 Å². The highest BCUT2D eigenvalue weighted by Crippen LogP contribution is 2.55. The minimum absolute atomic E-state index is 0.570. The van der Waals surface area contributed by atoms with Crippen molar-refractivity contribution in [3.05, 3.63) is 0 Å². The highest BCUT2D eigenvalue weighted by atomic mass is 32.2. The smallest absolute Gasteiger partial charge is 0.460 e. The number of ether oxygens (including phenoxy) is 5. The Bertz CT molecular complexity index is 1090. The van der Waals surface area contributed by atoms with Crippen LogP contribution in [-0.4, -0.2) is 92.9 Å². The molecule has 40 heavy (non-hydrogen) atoms. The van der Waals surface area contributed by atoms with Gasteiger partial charge in [-0.05, 0) is 0 Å². The maximum Gasteiger partial charge on any atom is 0.460 e. The number of hydrogen-bond acceptors (Lipinski definition) is 12. The largest absolute Gasteiger partial charge is 0.463 e. The van der Waals surface area contributed by atoms with Crippen molar-refractivity contribution in [3.8, 4) is 0 Å². The van der Waals surface area contributed by atoms with E-state index in [1.807, 2.05) is 0 Å².